The maximum atomic E-state index is 12.5. The Morgan fingerprint density at radius 2 is 1.81 bits per heavy atom. The second kappa shape index (κ2) is 7.03. The Labute approximate surface area is 152 Å². The van der Waals surface area contributed by atoms with Crippen molar-refractivity contribution in [3.63, 3.8) is 0 Å². The number of aromatic nitrogens is 1. The normalized spacial score (nSPS) is 17.1. The molecule has 0 radical (unpaired) electrons. The number of hydrogen-bond donors (Lipinski definition) is 2. The molecular weight excluding hydrogens is 354 g/mol. The molecule has 8 heteroatoms. The number of hydrogen-bond acceptors (Lipinski definition) is 6. The van der Waals surface area contributed by atoms with Crippen LogP contribution in [0.2, 0.25) is 0 Å². The van der Waals surface area contributed by atoms with Crippen molar-refractivity contribution < 1.29 is 17.9 Å². The zero-order valence-corrected chi connectivity index (χ0v) is 15.1. The van der Waals surface area contributed by atoms with Crippen molar-refractivity contribution in [2.24, 2.45) is 0 Å². The number of nitrogens with zero attached hydrogens (tertiary/aromatic N) is 1. The summed E-state index contributed by atoms with van der Waals surface area (Å²) < 4.78 is 38.0. The van der Waals surface area contributed by atoms with E-state index >= 15 is 0 Å². The summed E-state index contributed by atoms with van der Waals surface area (Å²) in [7, 11) is -3.74. The van der Waals surface area contributed by atoms with E-state index in [4.69, 9.17) is 9.47 Å². The Morgan fingerprint density at radius 3 is 2.58 bits per heavy atom. The summed E-state index contributed by atoms with van der Waals surface area (Å²) in [4.78, 5) is 4.32. The Bertz CT molecular complexity index is 878. The minimum absolute atomic E-state index is 0.100. The highest BCUT2D eigenvalue weighted by molar-refractivity contribution is 7.92. The first-order valence-electron chi connectivity index (χ1n) is 8.75. The summed E-state index contributed by atoms with van der Waals surface area (Å²) >= 11 is 0. The van der Waals surface area contributed by atoms with Gasteiger partial charge >= 0.3 is 0 Å². The van der Waals surface area contributed by atoms with Crippen molar-refractivity contribution in [2.75, 3.05) is 16.8 Å². The highest BCUT2D eigenvalue weighted by Crippen LogP contribution is 2.34. The number of nitrogens with one attached hydrogen (secondary N) is 2. The molecule has 0 bridgehead atoms. The van der Waals surface area contributed by atoms with Crippen LogP contribution in [0.3, 0.4) is 0 Å². The molecule has 0 spiro atoms. The van der Waals surface area contributed by atoms with Crippen LogP contribution in [0.15, 0.2) is 41.4 Å². The van der Waals surface area contributed by atoms with E-state index in [-0.39, 0.29) is 17.5 Å². The van der Waals surface area contributed by atoms with Crippen LogP contribution in [0.4, 0.5) is 11.5 Å². The summed E-state index contributed by atoms with van der Waals surface area (Å²) in [5, 5.41) is 3.46. The lowest BCUT2D eigenvalue weighted by Crippen LogP contribution is -2.22. The summed E-state index contributed by atoms with van der Waals surface area (Å²) in [5.74, 6) is 1.24. The van der Waals surface area contributed by atoms with E-state index < -0.39 is 10.0 Å². The van der Waals surface area contributed by atoms with Gasteiger partial charge in [-0.1, -0.05) is 19.3 Å². The molecule has 138 valence electrons. The molecule has 4 rings (SSSR count). The number of pyridine rings is 1. The van der Waals surface area contributed by atoms with Crippen molar-refractivity contribution >= 4 is 21.5 Å². The number of sulfonamides is 1. The maximum Gasteiger partial charge on any atom is 0.263 e. The van der Waals surface area contributed by atoms with Crippen molar-refractivity contribution in [3.8, 4) is 11.5 Å². The van der Waals surface area contributed by atoms with Crippen LogP contribution in [0.25, 0.3) is 0 Å². The highest BCUT2D eigenvalue weighted by Gasteiger charge is 2.21. The van der Waals surface area contributed by atoms with Gasteiger partial charge in [0.05, 0.1) is 16.8 Å². The predicted molar refractivity (Wildman–Crippen MR) is 98.1 cm³/mol. The van der Waals surface area contributed by atoms with E-state index in [0.29, 0.717) is 17.5 Å². The zero-order chi connectivity index (χ0) is 18.0. The second-order valence-electron chi connectivity index (χ2n) is 6.53. The summed E-state index contributed by atoms with van der Waals surface area (Å²) in [6.07, 6.45) is 7.79. The molecule has 0 saturated heterocycles. The van der Waals surface area contributed by atoms with Crippen LogP contribution in [0.5, 0.6) is 11.5 Å². The van der Waals surface area contributed by atoms with Gasteiger partial charge in [0.2, 0.25) is 6.79 Å². The standard InChI is InChI=1S/C18H21N3O4S/c22-26(23,15-7-8-16-17(10-15)25-12-24-16)21-18-9-6-14(11-19-18)20-13-4-2-1-3-5-13/h6-11,13,20H,1-5,12H2,(H,19,21). The lowest BCUT2D eigenvalue weighted by Gasteiger charge is -2.23. The Morgan fingerprint density at radius 1 is 1.00 bits per heavy atom. The van der Waals surface area contributed by atoms with E-state index in [1.165, 1.54) is 44.2 Å². The first-order valence-corrected chi connectivity index (χ1v) is 10.2. The third kappa shape index (κ3) is 3.70. The van der Waals surface area contributed by atoms with E-state index in [2.05, 4.69) is 15.0 Å². The monoisotopic (exact) mass is 375 g/mol. The quantitative estimate of drug-likeness (QED) is 0.833. The van der Waals surface area contributed by atoms with Crippen molar-refractivity contribution in [1.82, 2.24) is 4.98 Å². The number of fused-ring (bicyclic) bond motifs is 1. The first-order chi connectivity index (χ1) is 12.6. The predicted octanol–water partition coefficient (Wildman–Crippen LogP) is 3.36. The van der Waals surface area contributed by atoms with Crippen molar-refractivity contribution in [3.05, 3.63) is 36.5 Å². The van der Waals surface area contributed by atoms with E-state index in [1.54, 1.807) is 18.3 Å². The molecule has 1 aliphatic heterocycles. The lowest BCUT2D eigenvalue weighted by molar-refractivity contribution is 0.174. The Kier molecular flexibility index (Phi) is 4.58. The highest BCUT2D eigenvalue weighted by atomic mass is 32.2. The zero-order valence-electron chi connectivity index (χ0n) is 14.3. The summed E-state index contributed by atoms with van der Waals surface area (Å²) in [5.41, 5.74) is 0.905. The summed E-state index contributed by atoms with van der Waals surface area (Å²) in [6, 6.07) is 8.50. The molecule has 1 aromatic carbocycles. The molecule has 1 saturated carbocycles. The fraction of sp³-hybridized carbons (Fsp3) is 0.389. The molecule has 2 heterocycles. The van der Waals surface area contributed by atoms with Crippen LogP contribution in [0.1, 0.15) is 32.1 Å². The third-order valence-corrected chi connectivity index (χ3v) is 5.99. The van der Waals surface area contributed by atoms with Gasteiger partial charge in [-0.15, -0.1) is 0 Å². The van der Waals surface area contributed by atoms with Gasteiger partial charge in [-0.25, -0.2) is 13.4 Å². The van der Waals surface area contributed by atoms with Gasteiger partial charge in [0.25, 0.3) is 10.0 Å². The average molecular weight is 375 g/mol. The van der Waals surface area contributed by atoms with E-state index in [0.717, 1.165) is 5.69 Å². The molecule has 1 aromatic heterocycles. The molecule has 1 fully saturated rings. The van der Waals surface area contributed by atoms with Crippen LogP contribution in [0, 0.1) is 0 Å². The Balaban J connectivity index is 1.44. The minimum atomic E-state index is -3.74. The smallest absolute Gasteiger partial charge is 0.263 e. The molecular formula is C18H21N3O4S. The number of benzene rings is 1. The van der Waals surface area contributed by atoms with Crippen LogP contribution in [-0.4, -0.2) is 26.2 Å². The van der Waals surface area contributed by atoms with Crippen LogP contribution < -0.4 is 19.5 Å². The van der Waals surface area contributed by atoms with Crippen LogP contribution >= 0.6 is 0 Å². The molecule has 2 aliphatic rings. The van der Waals surface area contributed by atoms with Gasteiger partial charge in [-0.2, -0.15) is 0 Å². The van der Waals surface area contributed by atoms with Crippen molar-refractivity contribution in [1.29, 1.82) is 0 Å². The van der Waals surface area contributed by atoms with Crippen molar-refractivity contribution in [2.45, 2.75) is 43.0 Å². The van der Waals surface area contributed by atoms with Gasteiger partial charge in [-0.3, -0.25) is 4.72 Å². The third-order valence-electron chi connectivity index (χ3n) is 4.63. The number of anilines is 2. The molecule has 2 N–H and O–H groups in total. The fourth-order valence-electron chi connectivity index (χ4n) is 3.26. The van der Waals surface area contributed by atoms with Gasteiger partial charge in [0.1, 0.15) is 5.82 Å². The van der Waals surface area contributed by atoms with Gasteiger partial charge in [0.15, 0.2) is 11.5 Å². The second-order valence-corrected chi connectivity index (χ2v) is 8.21. The molecule has 2 aromatic rings. The first kappa shape index (κ1) is 17.0. The fourth-order valence-corrected chi connectivity index (χ4v) is 4.29. The topological polar surface area (TPSA) is 89.6 Å². The largest absolute Gasteiger partial charge is 0.454 e. The van der Waals surface area contributed by atoms with Gasteiger partial charge in [0, 0.05) is 12.1 Å². The number of ether oxygens (including phenoxy) is 2. The van der Waals surface area contributed by atoms with E-state index in [9.17, 15) is 8.42 Å². The SMILES string of the molecule is O=S(=O)(Nc1ccc(NC2CCCCC2)cn1)c1ccc2c(c1)OCO2. The molecule has 0 amide bonds. The molecule has 26 heavy (non-hydrogen) atoms. The van der Waals surface area contributed by atoms with Crippen LogP contribution in [-0.2, 0) is 10.0 Å². The molecule has 0 atom stereocenters. The average Bonchev–Trinajstić information content (AvgIpc) is 3.12. The van der Waals surface area contributed by atoms with Gasteiger partial charge < -0.3 is 14.8 Å². The minimum Gasteiger partial charge on any atom is -0.454 e. The van der Waals surface area contributed by atoms with E-state index in [1.807, 2.05) is 6.07 Å². The summed E-state index contributed by atoms with van der Waals surface area (Å²) in [6.45, 7) is 0.100. The lowest BCUT2D eigenvalue weighted by atomic mass is 9.95. The Hall–Kier alpha value is -2.48. The molecule has 0 unspecified atom stereocenters. The van der Waals surface area contributed by atoms with Gasteiger partial charge in [-0.05, 0) is 37.1 Å². The number of rotatable bonds is 5. The maximum absolute atomic E-state index is 12.5. The molecule has 7 nitrogen and oxygen atoms in total. The molecule has 1 aliphatic carbocycles.